The van der Waals surface area contributed by atoms with Crippen LogP contribution in [-0.2, 0) is 14.8 Å². The fourth-order valence-corrected chi connectivity index (χ4v) is 4.19. The topological polar surface area (TPSA) is 95.6 Å². The highest BCUT2D eigenvalue weighted by molar-refractivity contribution is 7.89. The predicted octanol–water partition coefficient (Wildman–Crippen LogP) is 1.57. The largest absolute Gasteiger partial charge is 0.292 e. The van der Waals surface area contributed by atoms with Gasteiger partial charge >= 0.3 is 0 Å². The highest BCUT2D eigenvalue weighted by atomic mass is 32.2. The molecular weight excluding hydrogens is 386 g/mol. The number of benzene rings is 1. The van der Waals surface area contributed by atoms with Crippen LogP contribution in [0.2, 0.25) is 0 Å². The summed E-state index contributed by atoms with van der Waals surface area (Å²) in [4.78, 5) is 29.3. The number of carbonyl (C=O) groups excluding carboxylic acids is 2. The van der Waals surface area contributed by atoms with E-state index < -0.39 is 15.9 Å². The fraction of sp³-hybridized carbons (Fsp3) is 0.222. The molecule has 0 radical (unpaired) electrons. The van der Waals surface area contributed by atoms with Gasteiger partial charge in [0.05, 0.1) is 16.3 Å². The van der Waals surface area contributed by atoms with E-state index in [1.165, 1.54) is 23.5 Å². The van der Waals surface area contributed by atoms with Gasteiger partial charge in [-0.3, -0.25) is 19.9 Å². The van der Waals surface area contributed by atoms with Gasteiger partial charge in [-0.2, -0.15) is 0 Å². The Morgan fingerprint density at radius 1 is 1.11 bits per heavy atom. The van der Waals surface area contributed by atoms with E-state index in [1.54, 1.807) is 30.3 Å². The van der Waals surface area contributed by atoms with Crippen molar-refractivity contribution in [3.05, 3.63) is 64.4 Å². The third-order valence-electron chi connectivity index (χ3n) is 4.04. The van der Waals surface area contributed by atoms with Gasteiger partial charge < -0.3 is 0 Å². The monoisotopic (exact) mass is 405 g/mol. The lowest BCUT2D eigenvalue weighted by Gasteiger charge is -2.25. The van der Waals surface area contributed by atoms with E-state index in [0.29, 0.717) is 23.4 Å². The van der Waals surface area contributed by atoms with Gasteiger partial charge in [-0.05, 0) is 30.0 Å². The van der Waals surface area contributed by atoms with E-state index in [-0.39, 0.29) is 23.8 Å². The molecule has 0 aliphatic carbocycles. The van der Waals surface area contributed by atoms with E-state index >= 15 is 0 Å². The van der Waals surface area contributed by atoms with E-state index in [1.807, 2.05) is 16.3 Å². The SMILES string of the molecule is O=C(NNS(=O)(=O)c1ccccc1)C1=CCCN(CC(=O)c2cccs2)C1. The minimum Gasteiger partial charge on any atom is -0.292 e. The third-order valence-corrected chi connectivity index (χ3v) is 6.21. The van der Waals surface area contributed by atoms with Gasteiger partial charge in [-0.1, -0.05) is 30.3 Å². The van der Waals surface area contributed by atoms with E-state index in [2.05, 4.69) is 10.3 Å². The van der Waals surface area contributed by atoms with Gasteiger partial charge in [-0.25, -0.2) is 8.42 Å². The lowest BCUT2D eigenvalue weighted by molar-refractivity contribution is -0.118. The minimum atomic E-state index is -3.83. The van der Waals surface area contributed by atoms with Crippen molar-refractivity contribution >= 4 is 33.1 Å². The molecule has 142 valence electrons. The maximum Gasteiger partial charge on any atom is 0.263 e. The van der Waals surface area contributed by atoms with Gasteiger partial charge in [0.25, 0.3) is 15.9 Å². The molecule has 7 nitrogen and oxygen atoms in total. The van der Waals surface area contributed by atoms with E-state index in [0.717, 1.165) is 0 Å². The first-order valence-corrected chi connectivity index (χ1v) is 10.7. The van der Waals surface area contributed by atoms with Crippen LogP contribution in [0.5, 0.6) is 0 Å². The van der Waals surface area contributed by atoms with Crippen molar-refractivity contribution in [2.75, 3.05) is 19.6 Å². The van der Waals surface area contributed by atoms with Crippen LogP contribution in [0.25, 0.3) is 0 Å². The highest BCUT2D eigenvalue weighted by Crippen LogP contribution is 2.14. The zero-order valence-corrected chi connectivity index (χ0v) is 16.1. The summed E-state index contributed by atoms with van der Waals surface area (Å²) in [6.45, 7) is 1.18. The average molecular weight is 406 g/mol. The number of nitrogens with zero attached hydrogens (tertiary/aromatic N) is 1. The van der Waals surface area contributed by atoms with Crippen LogP contribution < -0.4 is 10.3 Å². The molecule has 1 amide bonds. The van der Waals surface area contributed by atoms with Crippen LogP contribution in [0.1, 0.15) is 16.1 Å². The Balaban J connectivity index is 1.55. The number of hydrogen-bond donors (Lipinski definition) is 2. The second kappa shape index (κ2) is 8.57. The maximum atomic E-state index is 12.3. The van der Waals surface area contributed by atoms with Gasteiger partial charge in [0, 0.05) is 18.7 Å². The molecule has 0 unspecified atom stereocenters. The van der Waals surface area contributed by atoms with Crippen LogP contribution in [0, 0.1) is 0 Å². The summed E-state index contributed by atoms with van der Waals surface area (Å²) in [5.41, 5.74) is 2.66. The number of Topliss-reactive ketones (excluding diaryl/α,β-unsaturated/α-hetero) is 1. The first kappa shape index (κ1) is 19.4. The molecule has 0 fully saturated rings. The summed E-state index contributed by atoms with van der Waals surface area (Å²) in [5.74, 6) is -0.515. The van der Waals surface area contributed by atoms with Gasteiger partial charge in [0.1, 0.15) is 0 Å². The van der Waals surface area contributed by atoms with Crippen molar-refractivity contribution in [1.29, 1.82) is 0 Å². The van der Waals surface area contributed by atoms with Crippen molar-refractivity contribution in [3.8, 4) is 0 Å². The van der Waals surface area contributed by atoms with E-state index in [9.17, 15) is 18.0 Å². The van der Waals surface area contributed by atoms with E-state index in [4.69, 9.17) is 0 Å². The summed E-state index contributed by atoms with van der Waals surface area (Å²) in [7, 11) is -3.83. The van der Waals surface area contributed by atoms with Crippen molar-refractivity contribution in [1.82, 2.24) is 15.2 Å². The Morgan fingerprint density at radius 3 is 2.59 bits per heavy atom. The number of ketones is 1. The summed E-state index contributed by atoms with van der Waals surface area (Å²) < 4.78 is 24.3. The van der Waals surface area contributed by atoms with Crippen LogP contribution in [0.15, 0.2) is 64.4 Å². The summed E-state index contributed by atoms with van der Waals surface area (Å²) in [6.07, 6.45) is 2.38. The Morgan fingerprint density at radius 2 is 1.89 bits per heavy atom. The zero-order chi connectivity index (χ0) is 19.3. The quantitative estimate of drug-likeness (QED) is 0.539. The maximum absolute atomic E-state index is 12.3. The number of thiophene rings is 1. The molecule has 1 aliphatic rings. The van der Waals surface area contributed by atoms with Crippen molar-refractivity contribution in [3.63, 3.8) is 0 Å². The number of nitrogens with one attached hydrogen (secondary N) is 2. The molecule has 1 aliphatic heterocycles. The molecule has 0 atom stereocenters. The number of sulfonamides is 1. The van der Waals surface area contributed by atoms with Gasteiger partial charge in [0.15, 0.2) is 5.78 Å². The van der Waals surface area contributed by atoms with Crippen LogP contribution >= 0.6 is 11.3 Å². The minimum absolute atomic E-state index is 0.0106. The Bertz CT molecular complexity index is 938. The molecule has 0 spiro atoms. The predicted molar refractivity (Wildman–Crippen MR) is 103 cm³/mol. The third kappa shape index (κ3) is 5.10. The van der Waals surface area contributed by atoms with Crippen LogP contribution in [0.3, 0.4) is 0 Å². The summed E-state index contributed by atoms with van der Waals surface area (Å²) in [6, 6.07) is 11.4. The molecule has 2 N–H and O–H groups in total. The molecule has 1 aromatic heterocycles. The standard InChI is InChI=1S/C18H19N3O4S2/c22-16(17-9-5-11-26-17)13-21-10-4-6-14(12-21)18(23)19-20-27(24,25)15-7-2-1-3-8-15/h1-3,5-9,11,20H,4,10,12-13H2,(H,19,23). The fourth-order valence-electron chi connectivity index (χ4n) is 2.68. The molecular formula is C18H19N3O4S2. The second-order valence-corrected chi connectivity index (χ2v) is 8.63. The molecule has 9 heteroatoms. The molecule has 3 rings (SSSR count). The first-order chi connectivity index (χ1) is 13.0. The van der Waals surface area contributed by atoms with Crippen molar-refractivity contribution in [2.45, 2.75) is 11.3 Å². The lowest BCUT2D eigenvalue weighted by Crippen LogP contribution is -2.45. The van der Waals surface area contributed by atoms with Crippen LogP contribution in [0.4, 0.5) is 0 Å². The van der Waals surface area contributed by atoms with Gasteiger partial charge in [0.2, 0.25) is 0 Å². The number of rotatable bonds is 7. The Hall–Kier alpha value is -2.33. The lowest BCUT2D eigenvalue weighted by atomic mass is 10.1. The van der Waals surface area contributed by atoms with Crippen LogP contribution in [-0.4, -0.2) is 44.6 Å². The molecule has 2 aromatic rings. The first-order valence-electron chi connectivity index (χ1n) is 8.31. The molecule has 2 heterocycles. The molecule has 0 saturated carbocycles. The van der Waals surface area contributed by atoms with Crippen molar-refractivity contribution in [2.24, 2.45) is 0 Å². The Kier molecular flexibility index (Phi) is 6.17. The van der Waals surface area contributed by atoms with Crippen molar-refractivity contribution < 1.29 is 18.0 Å². The molecule has 27 heavy (non-hydrogen) atoms. The highest BCUT2D eigenvalue weighted by Gasteiger charge is 2.22. The normalized spacial score (nSPS) is 15.2. The number of hydrogen-bond acceptors (Lipinski definition) is 6. The average Bonchev–Trinajstić information content (AvgIpc) is 3.22. The molecule has 1 aromatic carbocycles. The number of carbonyl (C=O) groups is 2. The zero-order valence-electron chi connectivity index (χ0n) is 14.4. The second-order valence-electron chi connectivity index (χ2n) is 6.00. The molecule has 0 saturated heterocycles. The molecule has 0 bridgehead atoms. The number of amides is 1. The Labute approximate surface area is 161 Å². The number of hydrazine groups is 1. The summed E-state index contributed by atoms with van der Waals surface area (Å²) in [5, 5.41) is 1.85. The summed E-state index contributed by atoms with van der Waals surface area (Å²) >= 11 is 1.39. The van der Waals surface area contributed by atoms with Gasteiger partial charge in [-0.15, -0.1) is 16.2 Å². The smallest absolute Gasteiger partial charge is 0.263 e.